The van der Waals surface area contributed by atoms with E-state index in [1.54, 1.807) is 7.11 Å². The summed E-state index contributed by atoms with van der Waals surface area (Å²) < 4.78 is 5.15. The van der Waals surface area contributed by atoms with Gasteiger partial charge in [-0.2, -0.15) is 0 Å². The van der Waals surface area contributed by atoms with E-state index in [-0.39, 0.29) is 23.5 Å². The monoisotopic (exact) mass is 350 g/mol. The van der Waals surface area contributed by atoms with Gasteiger partial charge in [-0.1, -0.05) is 30.8 Å². The van der Waals surface area contributed by atoms with Crippen molar-refractivity contribution in [1.82, 2.24) is 0 Å². The smallest absolute Gasteiger partial charge is 0.227 e. The maximum Gasteiger partial charge on any atom is 0.227 e. The Hall–Kier alpha value is -1.95. The first kappa shape index (κ1) is 20.1. The molecule has 2 atom stereocenters. The molecule has 0 heterocycles. The normalized spacial score (nSPS) is 25.8. The quantitative estimate of drug-likeness (QED) is 0.318. The van der Waals surface area contributed by atoms with Gasteiger partial charge in [0, 0.05) is 6.42 Å². The molecule has 0 bridgehead atoms. The Labute approximate surface area is 148 Å². The summed E-state index contributed by atoms with van der Waals surface area (Å²) in [5.74, 6) is 1.11. The first-order chi connectivity index (χ1) is 11.4. The van der Waals surface area contributed by atoms with E-state index in [1.165, 1.54) is 11.8 Å². The van der Waals surface area contributed by atoms with Crippen LogP contribution in [0, 0.1) is 11.8 Å². The third-order valence-corrected chi connectivity index (χ3v) is 4.91. The van der Waals surface area contributed by atoms with Crippen molar-refractivity contribution < 1.29 is 14.7 Å². The average Bonchev–Trinajstić information content (AvgIpc) is 2.56. The molecule has 0 aromatic rings. The van der Waals surface area contributed by atoms with Crippen molar-refractivity contribution in [3.63, 3.8) is 0 Å². The lowest BCUT2D eigenvalue weighted by atomic mass is 9.75. The lowest BCUT2D eigenvalue weighted by molar-refractivity contribution is -0.115. The van der Waals surface area contributed by atoms with Crippen LogP contribution in [-0.2, 0) is 9.53 Å². The minimum absolute atomic E-state index is 0.214. The molecule has 24 heavy (non-hydrogen) atoms. The fourth-order valence-corrected chi connectivity index (χ4v) is 3.47. The number of amides is 1. The summed E-state index contributed by atoms with van der Waals surface area (Å²) in [5.41, 5.74) is 7.86. The third-order valence-electron chi connectivity index (χ3n) is 4.04. The number of primary amides is 1. The van der Waals surface area contributed by atoms with Crippen LogP contribution in [0.3, 0.4) is 0 Å². The summed E-state index contributed by atoms with van der Waals surface area (Å²) in [4.78, 5) is 10.9. The topological polar surface area (TPSA) is 84.9 Å². The van der Waals surface area contributed by atoms with Crippen LogP contribution in [0.25, 0.3) is 0 Å². The van der Waals surface area contributed by atoms with E-state index < -0.39 is 0 Å². The highest BCUT2D eigenvalue weighted by atomic mass is 32.2. The second-order valence-corrected chi connectivity index (χ2v) is 6.64. The van der Waals surface area contributed by atoms with Gasteiger partial charge < -0.3 is 15.7 Å². The number of thioether (sulfide) groups is 1. The number of oxime groups is 1. The predicted octanol–water partition coefficient (Wildman–Crippen LogP) is 3.63. The number of hydrogen-bond acceptors (Lipinski definition) is 5. The molecule has 132 valence electrons. The van der Waals surface area contributed by atoms with E-state index in [4.69, 9.17) is 10.5 Å². The molecule has 0 aliphatic heterocycles. The molecule has 1 saturated carbocycles. The summed E-state index contributed by atoms with van der Waals surface area (Å²) in [6, 6.07) is 0. The van der Waals surface area contributed by atoms with Crippen molar-refractivity contribution in [2.75, 3.05) is 12.9 Å². The minimum atomic E-state index is -0.363. The van der Waals surface area contributed by atoms with Gasteiger partial charge in [0.15, 0.2) is 0 Å². The number of rotatable bonds is 7. The van der Waals surface area contributed by atoms with Gasteiger partial charge in [-0.05, 0) is 47.8 Å². The number of carbonyl (C=O) groups is 1. The van der Waals surface area contributed by atoms with Crippen LogP contribution in [0.15, 0.2) is 52.3 Å². The highest BCUT2D eigenvalue weighted by molar-refractivity contribution is 8.02. The van der Waals surface area contributed by atoms with Crippen LogP contribution < -0.4 is 5.73 Å². The lowest BCUT2D eigenvalue weighted by Gasteiger charge is -2.30. The molecule has 1 aliphatic carbocycles. The molecule has 0 aromatic heterocycles. The number of nitrogens with zero attached hydrogens (tertiary/aromatic N) is 1. The number of carbonyl (C=O) groups excluding carboxylic acids is 1. The third kappa shape index (κ3) is 5.92. The van der Waals surface area contributed by atoms with Gasteiger partial charge in [0.1, 0.15) is 0 Å². The largest absolute Gasteiger partial charge is 0.501 e. The molecular formula is C18H26N2O3S. The van der Waals surface area contributed by atoms with Gasteiger partial charge in [-0.3, -0.25) is 4.79 Å². The molecule has 1 aliphatic rings. The van der Waals surface area contributed by atoms with Crippen LogP contribution in [0.2, 0.25) is 0 Å². The van der Waals surface area contributed by atoms with Gasteiger partial charge in [-0.25, -0.2) is 0 Å². The number of hydrogen-bond donors (Lipinski definition) is 2. The van der Waals surface area contributed by atoms with Crippen molar-refractivity contribution >= 4 is 23.4 Å². The molecular weight excluding hydrogens is 324 g/mol. The summed E-state index contributed by atoms with van der Waals surface area (Å²) in [7, 11) is 1.63. The van der Waals surface area contributed by atoms with E-state index in [0.29, 0.717) is 12.1 Å². The van der Waals surface area contributed by atoms with Crippen LogP contribution >= 0.6 is 11.8 Å². The molecule has 1 rings (SSSR count). The molecule has 0 radical (unpaired) electrons. The summed E-state index contributed by atoms with van der Waals surface area (Å²) >= 11 is 1.33. The second-order valence-electron chi connectivity index (χ2n) is 5.79. The van der Waals surface area contributed by atoms with Crippen molar-refractivity contribution in [2.45, 2.75) is 26.7 Å². The minimum Gasteiger partial charge on any atom is -0.501 e. The second kappa shape index (κ2) is 10.0. The van der Waals surface area contributed by atoms with E-state index in [0.717, 1.165) is 23.3 Å². The molecule has 3 N–H and O–H groups in total. The Morgan fingerprint density at radius 2 is 2.25 bits per heavy atom. The number of allylic oxidation sites excluding steroid dienone is 6. The zero-order valence-electron chi connectivity index (χ0n) is 14.5. The fraction of sp³-hybridized carbons (Fsp3) is 0.444. The van der Waals surface area contributed by atoms with Crippen molar-refractivity contribution in [1.29, 1.82) is 0 Å². The zero-order valence-corrected chi connectivity index (χ0v) is 15.3. The Balaban J connectivity index is 2.95. The molecule has 1 fully saturated rings. The van der Waals surface area contributed by atoms with Gasteiger partial charge in [0.25, 0.3) is 0 Å². The Morgan fingerprint density at radius 3 is 2.79 bits per heavy atom. The first-order valence-electron chi connectivity index (χ1n) is 7.79. The number of nitrogens with two attached hydrogens (primary N) is 1. The molecule has 0 aromatic carbocycles. The molecule has 0 saturated heterocycles. The Bertz CT molecular complexity index is 591. The number of ether oxygens (including phenoxy) is 1. The van der Waals surface area contributed by atoms with Crippen molar-refractivity contribution in [3.8, 4) is 0 Å². The molecule has 0 spiro atoms. The molecule has 5 nitrogen and oxygen atoms in total. The molecule has 2 unspecified atom stereocenters. The van der Waals surface area contributed by atoms with E-state index >= 15 is 0 Å². The standard InChI is InChI=1S/C18H26N2O3S/c1-5-14(7-6-13(3)23-4)15-8-12(2)16(17(9-15)20-22)10-24-11-18(19)21/h5-7,10,12,15,22H,1,8-9,11H2,2-4H3,(H2,19,21)/b13-6+,14-7+,16-10+,20-17+. The van der Waals surface area contributed by atoms with E-state index in [2.05, 4.69) is 18.7 Å². The maximum atomic E-state index is 10.9. The predicted molar refractivity (Wildman–Crippen MR) is 99.9 cm³/mol. The van der Waals surface area contributed by atoms with Gasteiger partial charge in [-0.15, -0.1) is 11.8 Å². The van der Waals surface area contributed by atoms with E-state index in [9.17, 15) is 10.0 Å². The summed E-state index contributed by atoms with van der Waals surface area (Å²) in [6.07, 6.45) is 7.28. The number of methoxy groups -OCH3 is 1. The van der Waals surface area contributed by atoms with Gasteiger partial charge >= 0.3 is 0 Å². The van der Waals surface area contributed by atoms with Crippen LogP contribution in [0.4, 0.5) is 0 Å². The average molecular weight is 350 g/mol. The summed E-state index contributed by atoms with van der Waals surface area (Å²) in [5, 5.41) is 14.7. The van der Waals surface area contributed by atoms with Crippen LogP contribution in [0.5, 0.6) is 0 Å². The van der Waals surface area contributed by atoms with E-state index in [1.807, 2.05) is 30.6 Å². The highest BCUT2D eigenvalue weighted by Gasteiger charge is 2.29. The molecule has 1 amide bonds. The lowest BCUT2D eigenvalue weighted by Crippen LogP contribution is -2.25. The Kier molecular flexibility index (Phi) is 8.40. The SMILES string of the molecule is C=C/C(=C\C=C(/C)OC)C1CC(=N\O)/C(=C/SCC(N)=O)C(C)C1. The maximum absolute atomic E-state index is 10.9. The fourth-order valence-electron chi connectivity index (χ4n) is 2.68. The zero-order chi connectivity index (χ0) is 18.1. The van der Waals surface area contributed by atoms with Crippen LogP contribution in [0.1, 0.15) is 26.7 Å². The van der Waals surface area contributed by atoms with Crippen LogP contribution in [-0.4, -0.2) is 29.7 Å². The Morgan fingerprint density at radius 1 is 1.54 bits per heavy atom. The van der Waals surface area contributed by atoms with Crippen molar-refractivity contribution in [3.05, 3.63) is 47.1 Å². The van der Waals surface area contributed by atoms with Gasteiger partial charge in [0.05, 0.1) is 24.3 Å². The molecule has 6 heteroatoms. The highest BCUT2D eigenvalue weighted by Crippen LogP contribution is 2.37. The van der Waals surface area contributed by atoms with Gasteiger partial charge in [0.2, 0.25) is 5.91 Å². The summed E-state index contributed by atoms with van der Waals surface area (Å²) in [6.45, 7) is 7.87. The first-order valence-corrected chi connectivity index (χ1v) is 8.83. The van der Waals surface area contributed by atoms with Crippen molar-refractivity contribution in [2.24, 2.45) is 22.7 Å².